The van der Waals surface area contributed by atoms with E-state index in [1.54, 1.807) is 23.1 Å². The van der Waals surface area contributed by atoms with Crippen LogP contribution in [0.1, 0.15) is 29.6 Å². The van der Waals surface area contributed by atoms with E-state index in [-0.39, 0.29) is 12.5 Å². The number of carbonyl (C=O) groups is 2. The van der Waals surface area contributed by atoms with Gasteiger partial charge in [0.25, 0.3) is 5.91 Å². The molecule has 0 aliphatic carbocycles. The van der Waals surface area contributed by atoms with Crippen LogP contribution in [0.4, 0.5) is 0 Å². The number of aromatic nitrogens is 2. The Morgan fingerprint density at radius 2 is 1.32 bits per heavy atom. The van der Waals surface area contributed by atoms with E-state index in [1.165, 1.54) is 0 Å². The number of nitrogens with zero attached hydrogens (tertiary/aromatic N) is 3. The van der Waals surface area contributed by atoms with Crippen molar-refractivity contribution < 1.29 is 14.3 Å². The number of amides is 1. The largest absolute Gasteiger partial charge is 0.452 e. The predicted molar refractivity (Wildman–Crippen MR) is 131 cm³/mol. The first-order valence-corrected chi connectivity index (χ1v) is 11.6. The number of benzene rings is 3. The number of hydrogen-bond donors (Lipinski definition) is 0. The van der Waals surface area contributed by atoms with E-state index in [4.69, 9.17) is 14.7 Å². The summed E-state index contributed by atoms with van der Waals surface area (Å²) in [5.74, 6) is -0.685. The third-order valence-corrected chi connectivity index (χ3v) is 6.03. The standard InChI is InChI=1S/C28H25N3O3/c32-25(31-16-8-3-9-17-31)19-34-28(33)22-14-15-23-24(18-22)30-27(21-12-6-2-7-13-21)26(29-23)20-10-4-1-5-11-20/h1-2,4-7,10-15,18H,3,8-9,16-17,19H2. The Balaban J connectivity index is 1.44. The monoisotopic (exact) mass is 451 g/mol. The van der Waals surface area contributed by atoms with Crippen molar-refractivity contribution in [3.05, 3.63) is 84.4 Å². The van der Waals surface area contributed by atoms with Crippen LogP contribution in [0.3, 0.4) is 0 Å². The zero-order valence-corrected chi connectivity index (χ0v) is 18.8. The summed E-state index contributed by atoms with van der Waals surface area (Å²) >= 11 is 0. The quantitative estimate of drug-likeness (QED) is 0.393. The van der Waals surface area contributed by atoms with Crippen LogP contribution < -0.4 is 0 Å². The highest BCUT2D eigenvalue weighted by Gasteiger charge is 2.19. The molecule has 170 valence electrons. The molecular weight excluding hydrogens is 426 g/mol. The van der Waals surface area contributed by atoms with E-state index in [0.29, 0.717) is 16.6 Å². The van der Waals surface area contributed by atoms with Crippen molar-refractivity contribution in [3.8, 4) is 22.5 Å². The first kappa shape index (κ1) is 21.8. The lowest BCUT2D eigenvalue weighted by molar-refractivity contribution is -0.135. The second kappa shape index (κ2) is 9.83. The molecule has 1 aliphatic heterocycles. The molecule has 0 saturated carbocycles. The smallest absolute Gasteiger partial charge is 0.338 e. The van der Waals surface area contributed by atoms with Gasteiger partial charge in [-0.2, -0.15) is 0 Å². The minimum Gasteiger partial charge on any atom is -0.452 e. The average Bonchev–Trinajstić information content (AvgIpc) is 2.92. The summed E-state index contributed by atoms with van der Waals surface area (Å²) in [6.45, 7) is 1.21. The van der Waals surface area contributed by atoms with Gasteiger partial charge in [-0.15, -0.1) is 0 Å². The molecule has 0 atom stereocenters. The van der Waals surface area contributed by atoms with Gasteiger partial charge in [-0.3, -0.25) is 4.79 Å². The number of fused-ring (bicyclic) bond motifs is 1. The van der Waals surface area contributed by atoms with Gasteiger partial charge in [0.15, 0.2) is 6.61 Å². The fraction of sp³-hybridized carbons (Fsp3) is 0.214. The maximum absolute atomic E-state index is 12.7. The minimum absolute atomic E-state index is 0.146. The topological polar surface area (TPSA) is 72.4 Å². The fourth-order valence-electron chi connectivity index (χ4n) is 4.22. The molecule has 3 aromatic carbocycles. The van der Waals surface area contributed by atoms with Crippen LogP contribution in [0.5, 0.6) is 0 Å². The molecule has 6 heteroatoms. The summed E-state index contributed by atoms with van der Waals surface area (Å²) in [6.07, 6.45) is 3.13. The van der Waals surface area contributed by atoms with Gasteiger partial charge in [-0.05, 0) is 37.5 Å². The molecule has 0 radical (unpaired) electrons. The van der Waals surface area contributed by atoms with Crippen LogP contribution >= 0.6 is 0 Å². The molecule has 1 aliphatic rings. The highest BCUT2D eigenvalue weighted by molar-refractivity contribution is 5.96. The van der Waals surface area contributed by atoms with Crippen LogP contribution in [0.25, 0.3) is 33.5 Å². The van der Waals surface area contributed by atoms with Gasteiger partial charge in [-0.1, -0.05) is 60.7 Å². The van der Waals surface area contributed by atoms with Gasteiger partial charge in [0, 0.05) is 24.2 Å². The lowest BCUT2D eigenvalue weighted by Gasteiger charge is -2.26. The molecule has 34 heavy (non-hydrogen) atoms. The fourth-order valence-corrected chi connectivity index (χ4v) is 4.22. The van der Waals surface area contributed by atoms with Crippen LogP contribution in [-0.4, -0.2) is 46.4 Å². The lowest BCUT2D eigenvalue weighted by atomic mass is 10.0. The SMILES string of the molecule is O=C(OCC(=O)N1CCCCC1)c1ccc2nc(-c3ccccc3)c(-c3ccccc3)nc2c1. The van der Waals surface area contributed by atoms with Crippen molar-refractivity contribution >= 4 is 22.9 Å². The van der Waals surface area contributed by atoms with Gasteiger partial charge < -0.3 is 9.64 Å². The normalized spacial score (nSPS) is 13.6. The number of piperidine rings is 1. The Hall–Kier alpha value is -4.06. The van der Waals surface area contributed by atoms with Crippen LogP contribution in [-0.2, 0) is 9.53 Å². The third-order valence-electron chi connectivity index (χ3n) is 6.03. The van der Waals surface area contributed by atoms with E-state index in [0.717, 1.165) is 54.9 Å². The number of rotatable bonds is 5. The van der Waals surface area contributed by atoms with E-state index < -0.39 is 5.97 Å². The molecule has 0 bridgehead atoms. The molecule has 6 nitrogen and oxygen atoms in total. The Morgan fingerprint density at radius 3 is 1.94 bits per heavy atom. The molecule has 0 spiro atoms. The van der Waals surface area contributed by atoms with Gasteiger partial charge in [0.1, 0.15) is 0 Å². The van der Waals surface area contributed by atoms with E-state index in [9.17, 15) is 9.59 Å². The number of likely N-dealkylation sites (tertiary alicyclic amines) is 1. The zero-order chi connectivity index (χ0) is 23.3. The summed E-state index contributed by atoms with van der Waals surface area (Å²) in [4.78, 5) is 36.6. The van der Waals surface area contributed by atoms with Crippen LogP contribution in [0.2, 0.25) is 0 Å². The number of carbonyl (C=O) groups excluding carboxylic acids is 2. The summed E-state index contributed by atoms with van der Waals surface area (Å²) < 4.78 is 5.32. The predicted octanol–water partition coefficient (Wildman–Crippen LogP) is 5.13. The van der Waals surface area contributed by atoms with Gasteiger partial charge in [0.05, 0.1) is 28.0 Å². The van der Waals surface area contributed by atoms with Crippen molar-refractivity contribution in [2.75, 3.05) is 19.7 Å². The van der Waals surface area contributed by atoms with Crippen LogP contribution in [0, 0.1) is 0 Å². The number of ether oxygens (including phenoxy) is 1. The average molecular weight is 452 g/mol. The molecule has 1 fully saturated rings. The molecule has 1 amide bonds. The molecule has 5 rings (SSSR count). The Bertz CT molecular complexity index is 1320. The van der Waals surface area contributed by atoms with Gasteiger partial charge >= 0.3 is 5.97 Å². The number of hydrogen-bond acceptors (Lipinski definition) is 5. The van der Waals surface area contributed by atoms with Crippen molar-refractivity contribution in [2.45, 2.75) is 19.3 Å². The Kier molecular flexibility index (Phi) is 6.29. The highest BCUT2D eigenvalue weighted by atomic mass is 16.5. The lowest BCUT2D eigenvalue weighted by Crippen LogP contribution is -2.38. The second-order valence-corrected chi connectivity index (χ2v) is 8.37. The summed E-state index contributed by atoms with van der Waals surface area (Å²) in [6, 6.07) is 24.9. The molecule has 2 heterocycles. The molecular formula is C28H25N3O3. The maximum atomic E-state index is 12.7. The van der Waals surface area contributed by atoms with Gasteiger partial charge in [0.2, 0.25) is 0 Å². The minimum atomic E-state index is -0.539. The molecule has 1 aromatic heterocycles. The van der Waals surface area contributed by atoms with E-state index in [1.807, 2.05) is 60.7 Å². The second-order valence-electron chi connectivity index (χ2n) is 8.37. The molecule has 4 aromatic rings. The Morgan fingerprint density at radius 1 is 0.735 bits per heavy atom. The Labute approximate surface area is 198 Å². The van der Waals surface area contributed by atoms with Crippen molar-refractivity contribution in [1.82, 2.24) is 14.9 Å². The third kappa shape index (κ3) is 4.66. The molecule has 1 saturated heterocycles. The summed E-state index contributed by atoms with van der Waals surface area (Å²) in [5.41, 5.74) is 5.05. The zero-order valence-electron chi connectivity index (χ0n) is 18.8. The summed E-state index contributed by atoms with van der Waals surface area (Å²) in [5, 5.41) is 0. The maximum Gasteiger partial charge on any atom is 0.338 e. The molecule has 0 N–H and O–H groups in total. The summed E-state index contributed by atoms with van der Waals surface area (Å²) in [7, 11) is 0. The van der Waals surface area contributed by atoms with Gasteiger partial charge in [-0.25, -0.2) is 14.8 Å². The van der Waals surface area contributed by atoms with Crippen molar-refractivity contribution in [3.63, 3.8) is 0 Å². The first-order valence-electron chi connectivity index (χ1n) is 11.6. The van der Waals surface area contributed by atoms with Crippen LogP contribution in [0.15, 0.2) is 78.9 Å². The first-order chi connectivity index (χ1) is 16.7. The van der Waals surface area contributed by atoms with Crippen molar-refractivity contribution in [1.29, 1.82) is 0 Å². The van der Waals surface area contributed by atoms with E-state index in [2.05, 4.69) is 0 Å². The molecule has 0 unspecified atom stereocenters. The number of esters is 1. The van der Waals surface area contributed by atoms with E-state index >= 15 is 0 Å². The van der Waals surface area contributed by atoms with Crippen molar-refractivity contribution in [2.24, 2.45) is 0 Å². The highest BCUT2D eigenvalue weighted by Crippen LogP contribution is 2.31.